The van der Waals surface area contributed by atoms with Gasteiger partial charge >= 0.3 is 0 Å². The number of benzene rings is 2. The summed E-state index contributed by atoms with van der Waals surface area (Å²) in [6.07, 6.45) is 2.63. The highest BCUT2D eigenvalue weighted by atomic mass is 35.5. The zero-order chi connectivity index (χ0) is 26.2. The van der Waals surface area contributed by atoms with E-state index < -0.39 is 17.1 Å². The lowest BCUT2D eigenvalue weighted by Crippen LogP contribution is -2.45. The van der Waals surface area contributed by atoms with Gasteiger partial charge in [-0.3, -0.25) is 19.3 Å². The van der Waals surface area contributed by atoms with Gasteiger partial charge in [-0.25, -0.2) is 0 Å². The number of fused-ring (bicyclic) bond motifs is 1. The second kappa shape index (κ2) is 10.2. The number of amides is 3. The molecular weight excluding hydrogens is 498 g/mol. The molecular formula is C27H30ClN3O4S. The molecule has 2 aliphatic heterocycles. The van der Waals surface area contributed by atoms with Crippen molar-refractivity contribution in [3.05, 3.63) is 57.5 Å². The Kier molecular flexibility index (Phi) is 7.38. The van der Waals surface area contributed by atoms with Crippen LogP contribution in [0.3, 0.4) is 0 Å². The summed E-state index contributed by atoms with van der Waals surface area (Å²) in [6.45, 7) is 8.65. The molecule has 2 aromatic rings. The first-order chi connectivity index (χ1) is 17.0. The second-order valence-corrected chi connectivity index (χ2v) is 11.1. The Hall–Kier alpha value is -2.97. The third-order valence-corrected chi connectivity index (χ3v) is 7.90. The molecule has 2 heterocycles. The van der Waals surface area contributed by atoms with Crippen LogP contribution in [0.5, 0.6) is 5.75 Å². The van der Waals surface area contributed by atoms with E-state index in [4.69, 9.17) is 16.3 Å². The summed E-state index contributed by atoms with van der Waals surface area (Å²) in [5.41, 5.74) is 3.46. The van der Waals surface area contributed by atoms with Gasteiger partial charge in [0.2, 0.25) is 5.91 Å². The Morgan fingerprint density at radius 2 is 1.94 bits per heavy atom. The zero-order valence-electron chi connectivity index (χ0n) is 21.1. The minimum atomic E-state index is -0.507. The van der Waals surface area contributed by atoms with E-state index in [1.165, 1.54) is 0 Å². The summed E-state index contributed by atoms with van der Waals surface area (Å²) >= 11 is 7.42. The summed E-state index contributed by atoms with van der Waals surface area (Å²) in [6, 6.07) is 10.8. The van der Waals surface area contributed by atoms with Crippen LogP contribution in [0.4, 0.5) is 16.2 Å². The van der Waals surface area contributed by atoms with E-state index in [1.54, 1.807) is 30.3 Å². The molecule has 3 amide bonds. The molecule has 1 fully saturated rings. The van der Waals surface area contributed by atoms with Crippen molar-refractivity contribution < 1.29 is 19.1 Å². The number of nitrogens with one attached hydrogen (secondary N) is 1. The van der Waals surface area contributed by atoms with Crippen molar-refractivity contribution in [3.63, 3.8) is 0 Å². The number of nitrogens with zero attached hydrogens (tertiary/aromatic N) is 2. The number of carbonyl (C=O) groups excluding carboxylic acids is 3. The molecule has 36 heavy (non-hydrogen) atoms. The van der Waals surface area contributed by atoms with E-state index in [-0.39, 0.29) is 17.0 Å². The van der Waals surface area contributed by atoms with Crippen molar-refractivity contribution in [2.24, 2.45) is 0 Å². The minimum Gasteiger partial charge on any atom is -0.494 e. The normalized spacial score (nSPS) is 20.1. The average molecular weight is 528 g/mol. The Labute approximate surface area is 220 Å². The van der Waals surface area contributed by atoms with E-state index in [2.05, 4.69) is 38.0 Å². The average Bonchev–Trinajstić information content (AvgIpc) is 3.07. The molecule has 0 aliphatic carbocycles. The van der Waals surface area contributed by atoms with E-state index in [9.17, 15) is 14.4 Å². The largest absolute Gasteiger partial charge is 0.494 e. The minimum absolute atomic E-state index is 0.00577. The van der Waals surface area contributed by atoms with Crippen molar-refractivity contribution in [3.8, 4) is 5.75 Å². The van der Waals surface area contributed by atoms with Crippen LogP contribution in [0, 0.1) is 0 Å². The van der Waals surface area contributed by atoms with Crippen LogP contribution in [0.1, 0.15) is 51.2 Å². The lowest BCUT2D eigenvalue weighted by molar-refractivity contribution is -0.127. The van der Waals surface area contributed by atoms with Gasteiger partial charge in [0.25, 0.3) is 11.1 Å². The first-order valence-electron chi connectivity index (χ1n) is 11.9. The highest BCUT2D eigenvalue weighted by Gasteiger charge is 2.37. The molecule has 1 saturated heterocycles. The summed E-state index contributed by atoms with van der Waals surface area (Å²) in [7, 11) is 2.06. The molecule has 0 aromatic heterocycles. The number of rotatable bonds is 6. The topological polar surface area (TPSA) is 79.0 Å². The number of halogens is 1. The molecule has 190 valence electrons. The predicted octanol–water partition coefficient (Wildman–Crippen LogP) is 6.14. The SMILES string of the molecule is CCOc1ccc(NC(=O)CN2C(=O)S/C(=C\c3cc4c(cc3Cl)N(C)C(C)(C)C[C@@H]4C)C2=O)cc1. The van der Waals surface area contributed by atoms with E-state index in [1.807, 2.05) is 19.1 Å². The first kappa shape index (κ1) is 26.1. The highest BCUT2D eigenvalue weighted by molar-refractivity contribution is 8.18. The van der Waals surface area contributed by atoms with Gasteiger partial charge in [-0.1, -0.05) is 18.5 Å². The number of imide groups is 1. The maximum Gasteiger partial charge on any atom is 0.294 e. The van der Waals surface area contributed by atoms with E-state index in [0.717, 1.165) is 34.3 Å². The number of thioether (sulfide) groups is 1. The standard InChI is InChI=1S/C27H30ClN3O4S/c1-6-35-19-9-7-18(8-10-19)29-24(32)15-31-25(33)23(36-26(31)34)12-17-11-20-16(2)14-27(3,4)30(5)22(20)13-21(17)28/h7-13,16H,6,14-15H2,1-5H3,(H,29,32)/b23-12-/t16-/m0/s1. The van der Waals surface area contributed by atoms with Crippen LogP contribution in [-0.2, 0) is 9.59 Å². The smallest absolute Gasteiger partial charge is 0.294 e. The van der Waals surface area contributed by atoms with Crippen molar-refractivity contribution >= 4 is 57.9 Å². The lowest BCUT2D eigenvalue weighted by Gasteiger charge is -2.45. The van der Waals surface area contributed by atoms with Crippen molar-refractivity contribution in [2.75, 3.05) is 30.4 Å². The third kappa shape index (κ3) is 5.25. The van der Waals surface area contributed by atoms with Gasteiger partial charge in [0.1, 0.15) is 12.3 Å². The van der Waals surface area contributed by atoms with Gasteiger partial charge in [0.15, 0.2) is 0 Å². The van der Waals surface area contributed by atoms with Crippen LogP contribution < -0.4 is 15.0 Å². The molecule has 7 nitrogen and oxygen atoms in total. The highest BCUT2D eigenvalue weighted by Crippen LogP contribution is 2.45. The van der Waals surface area contributed by atoms with Gasteiger partial charge in [-0.15, -0.1) is 0 Å². The number of anilines is 2. The molecule has 9 heteroatoms. The molecule has 2 aliphatic rings. The molecule has 0 radical (unpaired) electrons. The van der Waals surface area contributed by atoms with Gasteiger partial charge in [-0.05, 0) is 98.5 Å². The zero-order valence-corrected chi connectivity index (χ0v) is 22.6. The number of hydrogen-bond acceptors (Lipinski definition) is 6. The van der Waals surface area contributed by atoms with Crippen LogP contribution in [0.15, 0.2) is 41.3 Å². The summed E-state index contributed by atoms with van der Waals surface area (Å²) in [5.74, 6) is 0.0371. The molecule has 1 atom stereocenters. The fourth-order valence-electron chi connectivity index (χ4n) is 4.64. The van der Waals surface area contributed by atoms with Crippen LogP contribution in [0.25, 0.3) is 6.08 Å². The lowest BCUT2D eigenvalue weighted by atomic mass is 9.80. The predicted molar refractivity (Wildman–Crippen MR) is 146 cm³/mol. The Balaban J connectivity index is 1.49. The fourth-order valence-corrected chi connectivity index (χ4v) is 5.68. The molecule has 4 rings (SSSR count). The van der Waals surface area contributed by atoms with E-state index >= 15 is 0 Å². The maximum absolute atomic E-state index is 13.0. The number of carbonyl (C=O) groups is 3. The first-order valence-corrected chi connectivity index (χ1v) is 13.0. The molecule has 1 N–H and O–H groups in total. The van der Waals surface area contributed by atoms with Crippen molar-refractivity contribution in [1.29, 1.82) is 0 Å². The van der Waals surface area contributed by atoms with Gasteiger partial charge < -0.3 is 15.0 Å². The number of ether oxygens (including phenoxy) is 1. The van der Waals surface area contributed by atoms with Gasteiger partial charge in [-0.2, -0.15) is 0 Å². The second-order valence-electron chi connectivity index (χ2n) is 9.68. The molecule has 0 unspecified atom stereocenters. The summed E-state index contributed by atoms with van der Waals surface area (Å²) in [5, 5.41) is 2.72. The molecule has 2 aromatic carbocycles. The quantitative estimate of drug-likeness (QED) is 0.455. The maximum atomic E-state index is 13.0. The molecule has 0 saturated carbocycles. The van der Waals surface area contributed by atoms with Gasteiger partial charge in [0, 0.05) is 29.0 Å². The summed E-state index contributed by atoms with van der Waals surface area (Å²) in [4.78, 5) is 41.5. The van der Waals surface area contributed by atoms with Crippen LogP contribution >= 0.6 is 23.4 Å². The molecule has 0 bridgehead atoms. The van der Waals surface area contributed by atoms with E-state index in [0.29, 0.717) is 34.5 Å². The third-order valence-electron chi connectivity index (χ3n) is 6.66. The Morgan fingerprint density at radius 1 is 1.25 bits per heavy atom. The Morgan fingerprint density at radius 3 is 2.61 bits per heavy atom. The van der Waals surface area contributed by atoms with Crippen LogP contribution in [0.2, 0.25) is 5.02 Å². The summed E-state index contributed by atoms with van der Waals surface area (Å²) < 4.78 is 5.39. The Bertz CT molecular complexity index is 1240. The van der Waals surface area contributed by atoms with Crippen LogP contribution in [-0.4, -0.2) is 47.7 Å². The van der Waals surface area contributed by atoms with Crippen molar-refractivity contribution in [2.45, 2.75) is 45.6 Å². The molecule has 0 spiro atoms. The van der Waals surface area contributed by atoms with Gasteiger partial charge in [0.05, 0.1) is 11.5 Å². The van der Waals surface area contributed by atoms with Crippen molar-refractivity contribution in [1.82, 2.24) is 4.90 Å². The number of hydrogen-bond donors (Lipinski definition) is 1. The fraction of sp³-hybridized carbons (Fsp3) is 0.370. The monoisotopic (exact) mass is 527 g/mol.